The summed E-state index contributed by atoms with van der Waals surface area (Å²) in [7, 11) is 1.57. The summed E-state index contributed by atoms with van der Waals surface area (Å²) in [6.07, 6.45) is 6.92. The lowest BCUT2D eigenvalue weighted by atomic mass is 9.86. The monoisotopic (exact) mass is 356 g/mol. The second kappa shape index (κ2) is 9.86. The number of amides is 1. The molecule has 140 valence electrons. The first-order chi connectivity index (χ1) is 12.6. The highest BCUT2D eigenvalue weighted by molar-refractivity contribution is 6.01. The van der Waals surface area contributed by atoms with Gasteiger partial charge in [-0.2, -0.15) is 5.26 Å². The van der Waals surface area contributed by atoms with Gasteiger partial charge in [-0.1, -0.05) is 32.8 Å². The number of nitrogens with zero attached hydrogens (tertiary/aromatic N) is 1. The zero-order chi connectivity index (χ0) is 18.9. The average Bonchev–Trinajstić information content (AvgIpc) is 2.66. The van der Waals surface area contributed by atoms with Gasteiger partial charge in [-0.15, -0.1) is 0 Å². The van der Waals surface area contributed by atoms with E-state index in [0.717, 1.165) is 31.2 Å². The van der Waals surface area contributed by atoms with E-state index in [2.05, 4.69) is 12.2 Å². The van der Waals surface area contributed by atoms with Crippen LogP contribution >= 0.6 is 0 Å². The van der Waals surface area contributed by atoms with E-state index >= 15 is 0 Å². The highest BCUT2D eigenvalue weighted by Crippen LogP contribution is 2.29. The third kappa shape index (κ3) is 5.26. The van der Waals surface area contributed by atoms with E-state index in [9.17, 15) is 10.1 Å². The van der Waals surface area contributed by atoms with Crippen LogP contribution < -0.4 is 14.8 Å². The van der Waals surface area contributed by atoms with Gasteiger partial charge in [-0.05, 0) is 49.0 Å². The standard InChI is InChI=1S/C21H28N2O3/c1-4-11-26-19-10-9-16(13-20(19)25-3)12-17(14-22)21(24)23-18-8-6-5-7-15(18)2/h9-10,12-13,15,18H,4-8,11H2,1-3H3,(H,23,24)/b17-12+/t15-,18-/m1/s1. The van der Waals surface area contributed by atoms with Gasteiger partial charge < -0.3 is 14.8 Å². The van der Waals surface area contributed by atoms with Crippen molar-refractivity contribution in [1.82, 2.24) is 5.32 Å². The average molecular weight is 356 g/mol. The van der Waals surface area contributed by atoms with Crippen LogP contribution in [0, 0.1) is 17.2 Å². The number of rotatable bonds is 7. The molecule has 1 aromatic rings. The minimum absolute atomic E-state index is 0.104. The van der Waals surface area contributed by atoms with Crippen LogP contribution in [-0.2, 0) is 4.79 Å². The first kappa shape index (κ1) is 19.8. The molecule has 0 aliphatic heterocycles. The number of carbonyl (C=O) groups is 1. The number of ether oxygens (including phenoxy) is 2. The zero-order valence-electron chi connectivity index (χ0n) is 15.9. The van der Waals surface area contributed by atoms with E-state index in [1.165, 1.54) is 6.42 Å². The van der Waals surface area contributed by atoms with Crippen molar-refractivity contribution < 1.29 is 14.3 Å². The Morgan fingerprint density at radius 1 is 1.35 bits per heavy atom. The van der Waals surface area contributed by atoms with E-state index in [-0.39, 0.29) is 17.5 Å². The van der Waals surface area contributed by atoms with Gasteiger partial charge in [0.2, 0.25) is 0 Å². The van der Waals surface area contributed by atoms with Crippen LogP contribution in [-0.4, -0.2) is 25.7 Å². The molecule has 1 aromatic carbocycles. The SMILES string of the molecule is CCCOc1ccc(/C=C(\C#N)C(=O)N[C@@H]2CCCC[C@H]2C)cc1OC. The lowest BCUT2D eigenvalue weighted by Gasteiger charge is -2.29. The van der Waals surface area contributed by atoms with Crippen molar-refractivity contribution in [3.8, 4) is 17.6 Å². The van der Waals surface area contributed by atoms with Crippen molar-refractivity contribution in [2.45, 2.75) is 52.0 Å². The maximum Gasteiger partial charge on any atom is 0.262 e. The summed E-state index contributed by atoms with van der Waals surface area (Å²) in [5.74, 6) is 1.38. The number of benzene rings is 1. The summed E-state index contributed by atoms with van der Waals surface area (Å²) in [5.41, 5.74) is 0.834. The quantitative estimate of drug-likeness (QED) is 0.590. The molecule has 0 aromatic heterocycles. The number of hydrogen-bond acceptors (Lipinski definition) is 4. The maximum absolute atomic E-state index is 12.5. The van der Waals surface area contributed by atoms with Crippen LogP contribution in [0.15, 0.2) is 23.8 Å². The molecule has 26 heavy (non-hydrogen) atoms. The Balaban J connectivity index is 2.14. The highest BCUT2D eigenvalue weighted by Gasteiger charge is 2.24. The molecule has 0 bridgehead atoms. The third-order valence-electron chi connectivity index (χ3n) is 4.75. The molecule has 0 spiro atoms. The number of hydrogen-bond donors (Lipinski definition) is 1. The van der Waals surface area contributed by atoms with Gasteiger partial charge in [-0.3, -0.25) is 4.79 Å². The Morgan fingerprint density at radius 3 is 2.77 bits per heavy atom. The molecule has 0 unspecified atom stereocenters. The molecule has 5 nitrogen and oxygen atoms in total. The first-order valence-electron chi connectivity index (χ1n) is 9.32. The minimum Gasteiger partial charge on any atom is -0.493 e. The molecular weight excluding hydrogens is 328 g/mol. The number of methoxy groups -OCH3 is 1. The summed E-state index contributed by atoms with van der Waals surface area (Å²) in [6, 6.07) is 7.56. The van der Waals surface area contributed by atoms with Crippen molar-refractivity contribution in [3.05, 3.63) is 29.3 Å². The van der Waals surface area contributed by atoms with Crippen LogP contribution in [0.1, 0.15) is 51.5 Å². The molecule has 0 radical (unpaired) electrons. The van der Waals surface area contributed by atoms with E-state index in [1.807, 2.05) is 19.1 Å². The molecule has 2 atom stereocenters. The molecule has 2 rings (SSSR count). The molecule has 0 heterocycles. The lowest BCUT2D eigenvalue weighted by Crippen LogP contribution is -2.41. The van der Waals surface area contributed by atoms with Gasteiger partial charge in [0.05, 0.1) is 13.7 Å². The fourth-order valence-electron chi connectivity index (χ4n) is 3.20. The van der Waals surface area contributed by atoms with Crippen LogP contribution in [0.2, 0.25) is 0 Å². The summed E-state index contributed by atoms with van der Waals surface area (Å²) >= 11 is 0. The minimum atomic E-state index is -0.309. The molecule has 1 aliphatic carbocycles. The van der Waals surface area contributed by atoms with Crippen LogP contribution in [0.5, 0.6) is 11.5 Å². The summed E-state index contributed by atoms with van der Waals surface area (Å²) in [6.45, 7) is 4.80. The fraction of sp³-hybridized carbons (Fsp3) is 0.524. The summed E-state index contributed by atoms with van der Waals surface area (Å²) in [4.78, 5) is 12.5. The zero-order valence-corrected chi connectivity index (χ0v) is 15.9. The second-order valence-corrected chi connectivity index (χ2v) is 6.77. The second-order valence-electron chi connectivity index (χ2n) is 6.77. The Labute approximate surface area is 156 Å². The van der Waals surface area contributed by atoms with Crippen molar-refractivity contribution in [3.63, 3.8) is 0 Å². The summed E-state index contributed by atoms with van der Waals surface area (Å²) in [5, 5.41) is 12.4. The molecular formula is C21H28N2O3. The van der Waals surface area contributed by atoms with Gasteiger partial charge in [0.25, 0.3) is 5.91 Å². The fourth-order valence-corrected chi connectivity index (χ4v) is 3.20. The van der Waals surface area contributed by atoms with Crippen molar-refractivity contribution >= 4 is 12.0 Å². The smallest absolute Gasteiger partial charge is 0.262 e. The predicted octanol–water partition coefficient (Wildman–Crippen LogP) is 4.09. The molecule has 5 heteroatoms. The van der Waals surface area contributed by atoms with Gasteiger partial charge in [0.15, 0.2) is 11.5 Å². The van der Waals surface area contributed by atoms with Crippen molar-refractivity contribution in [2.24, 2.45) is 5.92 Å². The Hall–Kier alpha value is -2.48. The van der Waals surface area contributed by atoms with Gasteiger partial charge in [0.1, 0.15) is 11.6 Å². The molecule has 1 saturated carbocycles. The summed E-state index contributed by atoms with van der Waals surface area (Å²) < 4.78 is 11.0. The van der Waals surface area contributed by atoms with E-state index in [0.29, 0.717) is 24.0 Å². The normalized spacial score (nSPS) is 20.2. The molecule has 0 saturated heterocycles. The molecule has 1 N–H and O–H groups in total. The van der Waals surface area contributed by atoms with Crippen LogP contribution in [0.3, 0.4) is 0 Å². The largest absolute Gasteiger partial charge is 0.493 e. The number of nitriles is 1. The lowest BCUT2D eigenvalue weighted by molar-refractivity contribution is -0.118. The number of nitrogens with one attached hydrogen (secondary N) is 1. The Morgan fingerprint density at radius 2 is 2.12 bits per heavy atom. The van der Waals surface area contributed by atoms with Gasteiger partial charge in [0, 0.05) is 6.04 Å². The Bertz CT molecular complexity index is 691. The number of carbonyl (C=O) groups excluding carboxylic acids is 1. The topological polar surface area (TPSA) is 71.3 Å². The van der Waals surface area contributed by atoms with Gasteiger partial charge >= 0.3 is 0 Å². The predicted molar refractivity (Wildman–Crippen MR) is 102 cm³/mol. The third-order valence-corrected chi connectivity index (χ3v) is 4.75. The highest BCUT2D eigenvalue weighted by atomic mass is 16.5. The van der Waals surface area contributed by atoms with Crippen LogP contribution in [0.4, 0.5) is 0 Å². The first-order valence-corrected chi connectivity index (χ1v) is 9.32. The van der Waals surface area contributed by atoms with Crippen molar-refractivity contribution in [2.75, 3.05) is 13.7 Å². The van der Waals surface area contributed by atoms with E-state index in [1.54, 1.807) is 25.3 Å². The molecule has 1 fully saturated rings. The van der Waals surface area contributed by atoms with Crippen LogP contribution in [0.25, 0.3) is 6.08 Å². The maximum atomic E-state index is 12.5. The van der Waals surface area contributed by atoms with Crippen molar-refractivity contribution in [1.29, 1.82) is 5.26 Å². The van der Waals surface area contributed by atoms with E-state index in [4.69, 9.17) is 9.47 Å². The Kier molecular flexibility index (Phi) is 7.53. The molecule has 1 amide bonds. The molecule has 1 aliphatic rings. The van der Waals surface area contributed by atoms with E-state index < -0.39 is 0 Å². The van der Waals surface area contributed by atoms with Gasteiger partial charge in [-0.25, -0.2) is 0 Å².